The van der Waals surface area contributed by atoms with E-state index in [2.05, 4.69) is 10.9 Å². The second kappa shape index (κ2) is 7.02. The van der Waals surface area contributed by atoms with E-state index >= 15 is 0 Å². The van der Waals surface area contributed by atoms with Gasteiger partial charge in [-0.05, 0) is 24.3 Å². The van der Waals surface area contributed by atoms with E-state index in [1.165, 1.54) is 0 Å². The Bertz CT molecular complexity index is 888. The number of hydrogen-bond acceptors (Lipinski definition) is 6. The van der Waals surface area contributed by atoms with Gasteiger partial charge in [-0.2, -0.15) is 13.2 Å². The maximum Gasteiger partial charge on any atom is 0.416 e. The molecule has 8 nitrogen and oxygen atoms in total. The summed E-state index contributed by atoms with van der Waals surface area (Å²) in [6.45, 7) is -0.0976. The van der Waals surface area contributed by atoms with Crippen LogP contribution < -0.4 is 20.3 Å². The predicted molar refractivity (Wildman–Crippen MR) is 86.2 cm³/mol. The number of hydrogen-bond donors (Lipinski definition) is 2. The smallest absolute Gasteiger partial charge is 0.416 e. The summed E-state index contributed by atoms with van der Waals surface area (Å²) in [5, 5.41) is 11.0. The number of ether oxygens (including phenoxy) is 2. The van der Waals surface area contributed by atoms with Gasteiger partial charge >= 0.3 is 6.18 Å². The summed E-state index contributed by atoms with van der Waals surface area (Å²) < 4.78 is 48.9. The van der Waals surface area contributed by atoms with Gasteiger partial charge in [0, 0.05) is 6.07 Å². The first kappa shape index (κ1) is 18.3. The van der Waals surface area contributed by atoms with Crippen molar-refractivity contribution in [1.29, 1.82) is 0 Å². The molecule has 11 heteroatoms. The number of hydrazine groups is 1. The molecule has 1 aliphatic rings. The van der Waals surface area contributed by atoms with E-state index in [9.17, 15) is 28.1 Å². The number of fused-ring (bicyclic) bond motifs is 1. The standard InChI is InChI=1S/C16H12F3N3O5/c17-16(18,19)9-5-6-10(11(7-9)22(24)25)20-21-15(23)14-8-26-12-3-1-2-4-13(12)27-14/h1-7,14,20H,8H2,(H,21,23)/t14-/m0/s1. The molecule has 0 aromatic heterocycles. The van der Waals surface area contributed by atoms with Crippen molar-refractivity contribution in [2.24, 2.45) is 0 Å². The molecule has 3 rings (SSSR count). The Morgan fingerprint density at radius 1 is 1.19 bits per heavy atom. The van der Waals surface area contributed by atoms with E-state index in [1.54, 1.807) is 24.3 Å². The Balaban J connectivity index is 1.69. The van der Waals surface area contributed by atoms with E-state index in [4.69, 9.17) is 9.47 Å². The molecule has 0 fully saturated rings. The Morgan fingerprint density at radius 2 is 1.89 bits per heavy atom. The van der Waals surface area contributed by atoms with Crippen LogP contribution in [0.5, 0.6) is 11.5 Å². The van der Waals surface area contributed by atoms with Crippen LogP contribution in [0, 0.1) is 10.1 Å². The fourth-order valence-corrected chi connectivity index (χ4v) is 2.32. The molecule has 142 valence electrons. The van der Waals surface area contributed by atoms with Gasteiger partial charge in [0.05, 0.1) is 10.5 Å². The van der Waals surface area contributed by atoms with Gasteiger partial charge in [0.1, 0.15) is 12.3 Å². The Hall–Kier alpha value is -3.50. The van der Waals surface area contributed by atoms with E-state index in [0.29, 0.717) is 23.6 Å². The number of benzene rings is 2. The molecule has 0 saturated heterocycles. The first-order valence-electron chi connectivity index (χ1n) is 7.55. The molecule has 0 spiro atoms. The van der Waals surface area contributed by atoms with E-state index < -0.39 is 34.4 Å². The summed E-state index contributed by atoms with van der Waals surface area (Å²) in [5.41, 5.74) is 2.11. The van der Waals surface area contributed by atoms with Gasteiger partial charge in [0.2, 0.25) is 6.10 Å². The summed E-state index contributed by atoms with van der Waals surface area (Å²) in [4.78, 5) is 22.2. The fourth-order valence-electron chi connectivity index (χ4n) is 2.32. The average Bonchev–Trinajstić information content (AvgIpc) is 2.64. The molecule has 2 aromatic rings. The highest BCUT2D eigenvalue weighted by molar-refractivity contribution is 5.83. The lowest BCUT2D eigenvalue weighted by molar-refractivity contribution is -0.384. The summed E-state index contributed by atoms with van der Waals surface area (Å²) >= 11 is 0. The van der Waals surface area contributed by atoms with Crippen molar-refractivity contribution in [1.82, 2.24) is 5.43 Å². The van der Waals surface area contributed by atoms with Crippen molar-refractivity contribution in [3.63, 3.8) is 0 Å². The minimum absolute atomic E-state index is 0.0976. The maximum atomic E-state index is 12.7. The first-order chi connectivity index (χ1) is 12.8. The molecule has 0 bridgehead atoms. The summed E-state index contributed by atoms with van der Waals surface area (Å²) in [6, 6.07) is 8.58. The van der Waals surface area contributed by atoms with Gasteiger partial charge in [-0.3, -0.25) is 25.8 Å². The third kappa shape index (κ3) is 4.02. The molecule has 0 saturated carbocycles. The average molecular weight is 383 g/mol. The monoisotopic (exact) mass is 383 g/mol. The lowest BCUT2D eigenvalue weighted by Gasteiger charge is -2.25. The second-order valence-electron chi connectivity index (χ2n) is 5.47. The Kier molecular flexibility index (Phi) is 4.75. The predicted octanol–water partition coefficient (Wildman–Crippen LogP) is 2.90. The normalized spacial score (nSPS) is 15.7. The molecule has 1 heterocycles. The zero-order valence-electron chi connectivity index (χ0n) is 13.4. The SMILES string of the molecule is O=C(NNc1ccc(C(F)(F)F)cc1[N+](=O)[O-])[C@@H]1COc2ccccc2O1. The van der Waals surface area contributed by atoms with Crippen LogP contribution in [0.2, 0.25) is 0 Å². The van der Waals surface area contributed by atoms with Crippen LogP contribution in [0.4, 0.5) is 24.5 Å². The number of alkyl halides is 3. The van der Waals surface area contributed by atoms with Gasteiger partial charge in [-0.1, -0.05) is 12.1 Å². The molecule has 2 N–H and O–H groups in total. The van der Waals surface area contributed by atoms with E-state index in [1.807, 2.05) is 0 Å². The molecular formula is C16H12F3N3O5. The molecular weight excluding hydrogens is 371 g/mol. The fraction of sp³-hybridized carbons (Fsp3) is 0.188. The van der Waals surface area contributed by atoms with Gasteiger partial charge in [0.15, 0.2) is 11.5 Å². The van der Waals surface area contributed by atoms with E-state index in [-0.39, 0.29) is 12.3 Å². The number of nitro groups is 1. The van der Waals surface area contributed by atoms with Crippen molar-refractivity contribution in [3.8, 4) is 11.5 Å². The highest BCUT2D eigenvalue weighted by atomic mass is 19.4. The zero-order valence-corrected chi connectivity index (χ0v) is 13.4. The number of carbonyl (C=O) groups excluding carboxylic acids is 1. The molecule has 0 unspecified atom stereocenters. The number of nitrogens with zero attached hydrogens (tertiary/aromatic N) is 1. The molecule has 0 aliphatic carbocycles. The number of halogens is 3. The Labute approximate surface area is 150 Å². The molecule has 2 aromatic carbocycles. The van der Waals surface area contributed by atoms with Crippen molar-refractivity contribution in [2.75, 3.05) is 12.0 Å². The number of anilines is 1. The van der Waals surface area contributed by atoms with Crippen molar-refractivity contribution < 1.29 is 32.4 Å². The molecule has 0 radical (unpaired) electrons. The lowest BCUT2D eigenvalue weighted by atomic mass is 10.1. The first-order valence-corrected chi connectivity index (χ1v) is 7.55. The van der Waals surface area contributed by atoms with Gasteiger partial charge in [-0.25, -0.2) is 0 Å². The molecule has 1 atom stereocenters. The number of nitrogens with one attached hydrogen (secondary N) is 2. The highest BCUT2D eigenvalue weighted by Gasteiger charge is 2.33. The highest BCUT2D eigenvalue weighted by Crippen LogP contribution is 2.35. The summed E-state index contributed by atoms with van der Waals surface area (Å²) in [6.07, 6.45) is -5.77. The van der Waals surface area contributed by atoms with Crippen LogP contribution in [0.3, 0.4) is 0 Å². The number of carbonyl (C=O) groups is 1. The zero-order chi connectivity index (χ0) is 19.6. The summed E-state index contributed by atoms with van der Waals surface area (Å²) in [5.74, 6) is 0.107. The third-order valence-corrected chi connectivity index (χ3v) is 3.64. The quantitative estimate of drug-likeness (QED) is 0.622. The largest absolute Gasteiger partial charge is 0.485 e. The minimum Gasteiger partial charge on any atom is -0.485 e. The number of rotatable bonds is 4. The van der Waals surface area contributed by atoms with Crippen LogP contribution in [0.1, 0.15) is 5.56 Å². The number of nitro benzene ring substituents is 1. The van der Waals surface area contributed by atoms with Crippen molar-refractivity contribution in [3.05, 3.63) is 58.1 Å². The molecule has 1 amide bonds. The van der Waals surface area contributed by atoms with Gasteiger partial charge < -0.3 is 9.47 Å². The van der Waals surface area contributed by atoms with Crippen molar-refractivity contribution in [2.45, 2.75) is 12.3 Å². The second-order valence-corrected chi connectivity index (χ2v) is 5.47. The van der Waals surface area contributed by atoms with Crippen molar-refractivity contribution >= 4 is 17.3 Å². The topological polar surface area (TPSA) is 103 Å². The van der Waals surface area contributed by atoms with E-state index in [0.717, 1.165) is 6.07 Å². The Morgan fingerprint density at radius 3 is 2.56 bits per heavy atom. The third-order valence-electron chi connectivity index (χ3n) is 3.64. The van der Waals surface area contributed by atoms with Crippen LogP contribution in [0.25, 0.3) is 0 Å². The lowest BCUT2D eigenvalue weighted by Crippen LogP contribution is -2.46. The molecule has 27 heavy (non-hydrogen) atoms. The van der Waals surface area contributed by atoms with Gasteiger partial charge in [-0.15, -0.1) is 0 Å². The van der Waals surface area contributed by atoms with Crippen LogP contribution in [0.15, 0.2) is 42.5 Å². The number of para-hydroxylation sites is 2. The number of amides is 1. The maximum absolute atomic E-state index is 12.7. The minimum atomic E-state index is -4.73. The van der Waals surface area contributed by atoms with Crippen LogP contribution >= 0.6 is 0 Å². The summed E-state index contributed by atoms with van der Waals surface area (Å²) in [7, 11) is 0. The van der Waals surface area contributed by atoms with Gasteiger partial charge in [0.25, 0.3) is 11.6 Å². The molecule has 1 aliphatic heterocycles. The van der Waals surface area contributed by atoms with Crippen LogP contribution in [-0.2, 0) is 11.0 Å². The van der Waals surface area contributed by atoms with Crippen LogP contribution in [-0.4, -0.2) is 23.5 Å².